The van der Waals surface area contributed by atoms with Crippen molar-refractivity contribution in [2.24, 2.45) is 5.92 Å². The number of hydrogen-bond donors (Lipinski definition) is 0. The number of rotatable bonds is 3. The molecule has 1 aliphatic carbocycles. The summed E-state index contributed by atoms with van der Waals surface area (Å²) < 4.78 is 4.97. The fraction of sp³-hybridized carbons (Fsp3) is 0.909. The Kier molecular flexibility index (Phi) is 3.06. The minimum absolute atomic E-state index is 0.0555. The molecule has 1 saturated heterocycles. The first-order valence-electron chi connectivity index (χ1n) is 5.69. The highest BCUT2D eigenvalue weighted by atomic mass is 16.5. The largest absolute Gasteiger partial charge is 0.465 e. The van der Waals surface area contributed by atoms with Gasteiger partial charge in [0.25, 0.3) is 0 Å². The monoisotopic (exact) mass is 197 g/mol. The summed E-state index contributed by atoms with van der Waals surface area (Å²) in [4.78, 5) is 13.6. The first-order chi connectivity index (χ1) is 6.79. The summed E-state index contributed by atoms with van der Waals surface area (Å²) in [7, 11) is 0. The predicted molar refractivity (Wildman–Crippen MR) is 54.0 cm³/mol. The van der Waals surface area contributed by atoms with Crippen LogP contribution in [-0.4, -0.2) is 36.6 Å². The Hall–Kier alpha value is -0.570. The third-order valence-electron chi connectivity index (χ3n) is 3.40. The van der Waals surface area contributed by atoms with Crippen LogP contribution < -0.4 is 0 Å². The molecule has 3 heteroatoms. The molecule has 2 aliphatic rings. The summed E-state index contributed by atoms with van der Waals surface area (Å²) in [5, 5.41) is 0. The van der Waals surface area contributed by atoms with Crippen LogP contribution in [0, 0.1) is 5.92 Å². The Morgan fingerprint density at radius 1 is 1.50 bits per heavy atom. The van der Waals surface area contributed by atoms with Gasteiger partial charge in [0.2, 0.25) is 0 Å². The van der Waals surface area contributed by atoms with E-state index in [0.29, 0.717) is 19.2 Å². The molecule has 3 nitrogen and oxygen atoms in total. The molecule has 2 rings (SSSR count). The van der Waals surface area contributed by atoms with Crippen molar-refractivity contribution >= 4 is 5.97 Å². The van der Waals surface area contributed by atoms with E-state index in [1.807, 2.05) is 6.92 Å². The van der Waals surface area contributed by atoms with Gasteiger partial charge in [0.05, 0.1) is 13.2 Å². The smallest absolute Gasteiger partial charge is 0.320 e. The molecule has 0 aromatic heterocycles. The van der Waals surface area contributed by atoms with E-state index in [1.54, 1.807) is 0 Å². The number of hydrogen-bond acceptors (Lipinski definition) is 3. The number of carbonyl (C=O) groups excluding carboxylic acids is 1. The molecule has 0 N–H and O–H groups in total. The van der Waals surface area contributed by atoms with E-state index < -0.39 is 0 Å². The van der Waals surface area contributed by atoms with Crippen LogP contribution in [0.15, 0.2) is 0 Å². The molecule has 80 valence electrons. The first kappa shape index (κ1) is 9.97. The first-order valence-corrected chi connectivity index (χ1v) is 5.69. The van der Waals surface area contributed by atoms with Crippen molar-refractivity contribution in [2.75, 3.05) is 19.7 Å². The van der Waals surface area contributed by atoms with Gasteiger partial charge in [-0.15, -0.1) is 0 Å². The topological polar surface area (TPSA) is 29.5 Å². The molecule has 0 radical (unpaired) electrons. The molecule has 2 unspecified atom stereocenters. The van der Waals surface area contributed by atoms with Crippen LogP contribution >= 0.6 is 0 Å². The van der Waals surface area contributed by atoms with Gasteiger partial charge < -0.3 is 4.74 Å². The predicted octanol–water partition coefficient (Wildman–Crippen LogP) is 1.42. The highest BCUT2D eigenvalue weighted by Crippen LogP contribution is 2.34. The van der Waals surface area contributed by atoms with Gasteiger partial charge in [-0.1, -0.05) is 6.42 Å². The van der Waals surface area contributed by atoms with Crippen LogP contribution in [0.1, 0.15) is 32.6 Å². The van der Waals surface area contributed by atoms with E-state index in [0.717, 1.165) is 12.5 Å². The highest BCUT2D eigenvalue weighted by Gasteiger charge is 2.35. The van der Waals surface area contributed by atoms with E-state index in [9.17, 15) is 4.79 Å². The Balaban J connectivity index is 1.83. The second-order valence-corrected chi connectivity index (χ2v) is 4.42. The van der Waals surface area contributed by atoms with Gasteiger partial charge in [-0.05, 0) is 32.1 Å². The molecule has 0 amide bonds. The lowest BCUT2D eigenvalue weighted by Crippen LogP contribution is -2.34. The maximum atomic E-state index is 11.3. The number of nitrogens with zero attached hydrogens (tertiary/aromatic N) is 1. The minimum atomic E-state index is -0.0555. The van der Waals surface area contributed by atoms with Crippen molar-refractivity contribution in [3.05, 3.63) is 0 Å². The van der Waals surface area contributed by atoms with Crippen molar-refractivity contribution in [3.8, 4) is 0 Å². The van der Waals surface area contributed by atoms with Gasteiger partial charge in [0.1, 0.15) is 0 Å². The second-order valence-electron chi connectivity index (χ2n) is 4.42. The van der Waals surface area contributed by atoms with E-state index in [1.165, 1.54) is 25.7 Å². The summed E-state index contributed by atoms with van der Waals surface area (Å²) >= 11 is 0. The van der Waals surface area contributed by atoms with Crippen LogP contribution in [0.5, 0.6) is 0 Å². The summed E-state index contributed by atoms with van der Waals surface area (Å²) in [5.41, 5.74) is 0. The molecular weight excluding hydrogens is 178 g/mol. The molecular formula is C11H19NO2. The average Bonchev–Trinajstić information content (AvgIpc) is 2.42. The molecule has 0 spiro atoms. The maximum absolute atomic E-state index is 11.3. The average molecular weight is 197 g/mol. The highest BCUT2D eigenvalue weighted by molar-refractivity contribution is 5.71. The van der Waals surface area contributed by atoms with Crippen molar-refractivity contribution in [1.82, 2.24) is 4.90 Å². The van der Waals surface area contributed by atoms with Crippen molar-refractivity contribution in [2.45, 2.75) is 38.6 Å². The zero-order valence-electron chi connectivity index (χ0n) is 8.87. The molecule has 14 heavy (non-hydrogen) atoms. The summed E-state index contributed by atoms with van der Waals surface area (Å²) in [6, 6.07) is 0.665. The molecule has 1 heterocycles. The summed E-state index contributed by atoms with van der Waals surface area (Å²) in [6.45, 7) is 3.99. The Morgan fingerprint density at radius 2 is 2.36 bits per heavy atom. The normalized spacial score (nSPS) is 31.8. The van der Waals surface area contributed by atoms with Gasteiger partial charge in [-0.2, -0.15) is 0 Å². The van der Waals surface area contributed by atoms with E-state index in [4.69, 9.17) is 4.74 Å². The van der Waals surface area contributed by atoms with Gasteiger partial charge in [-0.25, -0.2) is 0 Å². The molecule has 0 aromatic carbocycles. The molecule has 2 fully saturated rings. The van der Waals surface area contributed by atoms with Crippen LogP contribution in [0.4, 0.5) is 0 Å². The van der Waals surface area contributed by atoms with Gasteiger partial charge >= 0.3 is 5.97 Å². The molecule has 0 aromatic rings. The quantitative estimate of drug-likeness (QED) is 0.641. The number of carbonyl (C=O) groups is 1. The Labute approximate surface area is 85.4 Å². The summed E-state index contributed by atoms with van der Waals surface area (Å²) in [5.74, 6) is 0.795. The summed E-state index contributed by atoms with van der Waals surface area (Å²) in [6.07, 6.45) is 5.28. The van der Waals surface area contributed by atoms with Gasteiger partial charge in [0, 0.05) is 12.6 Å². The SMILES string of the molecule is CCOC(=O)CN1CC2CCCC1C2. The van der Waals surface area contributed by atoms with Crippen LogP contribution in [-0.2, 0) is 9.53 Å². The standard InChI is InChI=1S/C11H19NO2/c1-2-14-11(13)8-12-7-9-4-3-5-10(12)6-9/h9-10H,2-8H2,1H3. The second kappa shape index (κ2) is 4.30. The number of fused-ring (bicyclic) bond motifs is 2. The van der Waals surface area contributed by atoms with Crippen molar-refractivity contribution in [1.29, 1.82) is 0 Å². The van der Waals surface area contributed by atoms with E-state index in [-0.39, 0.29) is 5.97 Å². The molecule has 1 saturated carbocycles. The van der Waals surface area contributed by atoms with Crippen LogP contribution in [0.2, 0.25) is 0 Å². The Bertz CT molecular complexity index is 217. The number of esters is 1. The lowest BCUT2D eigenvalue weighted by molar-refractivity contribution is -0.144. The number of ether oxygens (including phenoxy) is 1. The van der Waals surface area contributed by atoms with E-state index in [2.05, 4.69) is 4.90 Å². The van der Waals surface area contributed by atoms with Crippen LogP contribution in [0.25, 0.3) is 0 Å². The fourth-order valence-corrected chi connectivity index (χ4v) is 2.81. The molecule has 1 aliphatic heterocycles. The lowest BCUT2D eigenvalue weighted by Gasteiger charge is -2.23. The number of likely N-dealkylation sites (tertiary alicyclic amines) is 1. The van der Waals surface area contributed by atoms with Crippen molar-refractivity contribution < 1.29 is 9.53 Å². The zero-order valence-corrected chi connectivity index (χ0v) is 8.87. The zero-order chi connectivity index (χ0) is 9.97. The third kappa shape index (κ3) is 2.08. The van der Waals surface area contributed by atoms with E-state index >= 15 is 0 Å². The maximum Gasteiger partial charge on any atom is 0.320 e. The van der Waals surface area contributed by atoms with Crippen LogP contribution in [0.3, 0.4) is 0 Å². The molecule has 2 bridgehead atoms. The van der Waals surface area contributed by atoms with Gasteiger partial charge in [-0.3, -0.25) is 9.69 Å². The fourth-order valence-electron chi connectivity index (χ4n) is 2.81. The third-order valence-corrected chi connectivity index (χ3v) is 3.40. The van der Waals surface area contributed by atoms with Gasteiger partial charge in [0.15, 0.2) is 0 Å². The Morgan fingerprint density at radius 3 is 3.07 bits per heavy atom. The minimum Gasteiger partial charge on any atom is -0.465 e. The lowest BCUT2D eigenvalue weighted by atomic mass is 9.90. The molecule has 2 atom stereocenters. The van der Waals surface area contributed by atoms with Crippen molar-refractivity contribution in [3.63, 3.8) is 0 Å².